The van der Waals surface area contributed by atoms with Gasteiger partial charge in [0.05, 0.1) is 12.4 Å². The third kappa shape index (κ3) is 8.59. The van der Waals surface area contributed by atoms with E-state index in [0.717, 1.165) is 16.0 Å². The molecule has 0 aliphatic carbocycles. The molecule has 42 heavy (non-hydrogen) atoms. The van der Waals surface area contributed by atoms with Crippen LogP contribution >= 0.6 is 11.8 Å². The van der Waals surface area contributed by atoms with Gasteiger partial charge in [0.1, 0.15) is 11.4 Å². The molecule has 0 aromatic heterocycles. The first-order valence-electron chi connectivity index (χ1n) is 13.5. The van der Waals surface area contributed by atoms with Gasteiger partial charge in [-0.1, -0.05) is 61.0 Å². The number of aryl methyl sites for hydroxylation is 1. The molecule has 8 heteroatoms. The molecule has 0 bridgehead atoms. The van der Waals surface area contributed by atoms with Crippen molar-refractivity contribution in [2.24, 2.45) is 0 Å². The number of amides is 3. The summed E-state index contributed by atoms with van der Waals surface area (Å²) >= 11 is 1.41. The van der Waals surface area contributed by atoms with E-state index in [1.165, 1.54) is 11.8 Å². The van der Waals surface area contributed by atoms with E-state index in [0.29, 0.717) is 29.1 Å². The van der Waals surface area contributed by atoms with Crippen LogP contribution in [0.2, 0.25) is 0 Å². The Labute approximate surface area is 250 Å². The number of carbonyl (C=O) groups excluding carboxylic acids is 3. The largest absolute Gasteiger partial charge is 0.497 e. The van der Waals surface area contributed by atoms with E-state index in [4.69, 9.17) is 4.74 Å². The number of thioether (sulfide) groups is 1. The topological polar surface area (TPSA) is 96.5 Å². The van der Waals surface area contributed by atoms with Crippen molar-refractivity contribution < 1.29 is 19.1 Å². The van der Waals surface area contributed by atoms with E-state index in [1.807, 2.05) is 62.4 Å². The third-order valence-electron chi connectivity index (χ3n) is 6.27. The van der Waals surface area contributed by atoms with Crippen molar-refractivity contribution in [2.75, 3.05) is 17.7 Å². The molecule has 0 aliphatic rings. The quantitative estimate of drug-likeness (QED) is 0.132. The highest BCUT2D eigenvalue weighted by molar-refractivity contribution is 8.00. The SMILES string of the molecule is CCC(Sc1cccc(NC(=O)/C(=C\c2cccc(C)c2)NC(=O)c2ccccc2)c1)C(=O)Nc1ccc(OC)cc1. The molecule has 0 saturated heterocycles. The van der Waals surface area contributed by atoms with E-state index in [2.05, 4.69) is 16.0 Å². The summed E-state index contributed by atoms with van der Waals surface area (Å²) in [7, 11) is 1.59. The number of rotatable bonds is 11. The predicted octanol–water partition coefficient (Wildman–Crippen LogP) is 6.92. The standard InChI is InChI=1S/C34H33N3O4S/c1-4-31(34(40)35-26-16-18-28(41-3)19-17-26)42-29-15-9-14-27(22-29)36-33(39)30(21-24-11-8-10-23(2)20-24)37-32(38)25-12-6-5-7-13-25/h5-22,31H,4H2,1-3H3,(H,35,40)(H,36,39)(H,37,38)/b30-21+. The Morgan fingerprint density at radius 1 is 0.833 bits per heavy atom. The predicted molar refractivity (Wildman–Crippen MR) is 170 cm³/mol. The summed E-state index contributed by atoms with van der Waals surface area (Å²) in [6.45, 7) is 3.91. The number of hydrogen-bond donors (Lipinski definition) is 3. The van der Waals surface area contributed by atoms with Gasteiger partial charge in [0.25, 0.3) is 11.8 Å². The van der Waals surface area contributed by atoms with Crippen molar-refractivity contribution >= 4 is 46.9 Å². The minimum atomic E-state index is -0.466. The molecule has 4 aromatic rings. The van der Waals surface area contributed by atoms with E-state index >= 15 is 0 Å². The zero-order valence-electron chi connectivity index (χ0n) is 23.7. The Bertz CT molecular complexity index is 1570. The van der Waals surface area contributed by atoms with Gasteiger partial charge in [0.15, 0.2) is 0 Å². The lowest BCUT2D eigenvalue weighted by atomic mass is 10.1. The van der Waals surface area contributed by atoms with Gasteiger partial charge >= 0.3 is 0 Å². The maximum Gasteiger partial charge on any atom is 0.272 e. The first-order valence-corrected chi connectivity index (χ1v) is 14.4. The van der Waals surface area contributed by atoms with Crippen molar-refractivity contribution in [1.82, 2.24) is 5.32 Å². The highest BCUT2D eigenvalue weighted by atomic mass is 32.2. The molecule has 0 aliphatic heterocycles. The number of nitrogens with one attached hydrogen (secondary N) is 3. The number of anilines is 2. The second-order valence-electron chi connectivity index (χ2n) is 9.51. The summed E-state index contributed by atoms with van der Waals surface area (Å²) in [4.78, 5) is 40.2. The molecule has 3 N–H and O–H groups in total. The fourth-order valence-electron chi connectivity index (χ4n) is 4.10. The average molecular weight is 580 g/mol. The third-order valence-corrected chi connectivity index (χ3v) is 7.63. The molecule has 7 nitrogen and oxygen atoms in total. The van der Waals surface area contributed by atoms with Crippen LogP contribution in [-0.4, -0.2) is 30.1 Å². The van der Waals surface area contributed by atoms with Crippen molar-refractivity contribution in [1.29, 1.82) is 0 Å². The minimum absolute atomic E-state index is 0.109. The van der Waals surface area contributed by atoms with E-state index in [1.54, 1.807) is 67.8 Å². The molecule has 214 valence electrons. The van der Waals surface area contributed by atoms with Gasteiger partial charge in [-0.25, -0.2) is 0 Å². The Hall–Kier alpha value is -4.82. The molecule has 0 spiro atoms. The van der Waals surface area contributed by atoms with Gasteiger partial charge in [0, 0.05) is 21.8 Å². The van der Waals surface area contributed by atoms with Crippen LogP contribution < -0.4 is 20.7 Å². The smallest absolute Gasteiger partial charge is 0.272 e. The summed E-state index contributed by atoms with van der Waals surface area (Å²) in [6, 6.07) is 30.9. The van der Waals surface area contributed by atoms with Crippen LogP contribution in [0.5, 0.6) is 5.75 Å². The molecule has 0 fully saturated rings. The number of carbonyl (C=O) groups is 3. The van der Waals surface area contributed by atoms with Crippen LogP contribution in [0, 0.1) is 6.92 Å². The van der Waals surface area contributed by atoms with Gasteiger partial charge in [-0.3, -0.25) is 14.4 Å². The second kappa shape index (κ2) is 14.7. The molecule has 0 heterocycles. The fraction of sp³-hybridized carbons (Fsp3) is 0.147. The van der Waals surface area contributed by atoms with Crippen LogP contribution in [-0.2, 0) is 9.59 Å². The molecule has 4 aromatic carbocycles. The van der Waals surface area contributed by atoms with Gasteiger partial charge < -0.3 is 20.7 Å². The van der Waals surface area contributed by atoms with Crippen LogP contribution in [0.25, 0.3) is 6.08 Å². The van der Waals surface area contributed by atoms with E-state index in [-0.39, 0.29) is 22.8 Å². The first-order chi connectivity index (χ1) is 20.3. The van der Waals surface area contributed by atoms with E-state index < -0.39 is 5.91 Å². The lowest BCUT2D eigenvalue weighted by molar-refractivity contribution is -0.116. The number of benzene rings is 4. The molecule has 4 rings (SSSR count). The summed E-state index contributed by atoms with van der Waals surface area (Å²) in [5, 5.41) is 8.27. The molecule has 0 saturated carbocycles. The van der Waals surface area contributed by atoms with Crippen LogP contribution in [0.4, 0.5) is 11.4 Å². The summed E-state index contributed by atoms with van der Waals surface area (Å²) in [5.41, 5.74) is 3.59. The average Bonchev–Trinajstić information content (AvgIpc) is 3.00. The molecular formula is C34H33N3O4S. The molecule has 3 amide bonds. The maximum absolute atomic E-state index is 13.4. The van der Waals surface area contributed by atoms with Crippen molar-refractivity contribution in [3.05, 3.63) is 126 Å². The second-order valence-corrected chi connectivity index (χ2v) is 10.8. The number of ether oxygens (including phenoxy) is 1. The number of hydrogen-bond acceptors (Lipinski definition) is 5. The summed E-state index contributed by atoms with van der Waals surface area (Å²) in [5.74, 6) is -0.256. The van der Waals surface area contributed by atoms with E-state index in [9.17, 15) is 14.4 Å². The van der Waals surface area contributed by atoms with Gasteiger partial charge in [-0.15, -0.1) is 11.8 Å². The van der Waals surface area contributed by atoms with Gasteiger partial charge in [0.2, 0.25) is 5.91 Å². The Morgan fingerprint density at radius 3 is 2.26 bits per heavy atom. The molecular weight excluding hydrogens is 546 g/mol. The number of methoxy groups -OCH3 is 1. The van der Waals surface area contributed by atoms with Gasteiger partial charge in [-0.2, -0.15) is 0 Å². The Morgan fingerprint density at radius 2 is 1.57 bits per heavy atom. The maximum atomic E-state index is 13.4. The van der Waals surface area contributed by atoms with Crippen molar-refractivity contribution in [3.63, 3.8) is 0 Å². The monoisotopic (exact) mass is 579 g/mol. The minimum Gasteiger partial charge on any atom is -0.497 e. The zero-order chi connectivity index (χ0) is 29.9. The van der Waals surface area contributed by atoms with Crippen LogP contribution in [0.15, 0.2) is 114 Å². The van der Waals surface area contributed by atoms with Crippen molar-refractivity contribution in [2.45, 2.75) is 30.4 Å². The first kappa shape index (κ1) is 30.1. The van der Waals surface area contributed by atoms with Crippen molar-refractivity contribution in [3.8, 4) is 5.75 Å². The van der Waals surface area contributed by atoms with Crippen LogP contribution in [0.3, 0.4) is 0 Å². The lowest BCUT2D eigenvalue weighted by Gasteiger charge is -2.16. The molecule has 1 unspecified atom stereocenters. The zero-order valence-corrected chi connectivity index (χ0v) is 24.5. The molecule has 1 atom stereocenters. The van der Waals surface area contributed by atoms with Gasteiger partial charge in [-0.05, 0) is 79.6 Å². The summed E-state index contributed by atoms with van der Waals surface area (Å²) < 4.78 is 5.18. The highest BCUT2D eigenvalue weighted by Crippen LogP contribution is 2.29. The Balaban J connectivity index is 1.48. The highest BCUT2D eigenvalue weighted by Gasteiger charge is 2.19. The summed E-state index contributed by atoms with van der Waals surface area (Å²) in [6.07, 6.45) is 2.26. The molecule has 0 radical (unpaired) electrons. The normalized spacial score (nSPS) is 11.7. The fourth-order valence-corrected chi connectivity index (χ4v) is 5.11. The lowest BCUT2D eigenvalue weighted by Crippen LogP contribution is -2.30. The van der Waals surface area contributed by atoms with Crippen LogP contribution in [0.1, 0.15) is 34.8 Å². The Kier molecular flexibility index (Phi) is 10.6.